The molecule has 0 aromatic carbocycles. The van der Waals surface area contributed by atoms with Gasteiger partial charge in [-0.3, -0.25) is 9.78 Å². The molecule has 0 aliphatic carbocycles. The van der Waals surface area contributed by atoms with Gasteiger partial charge in [-0.25, -0.2) is 4.98 Å². The Kier molecular flexibility index (Phi) is 4.03. The number of carboxylic acid groups (broad SMARTS) is 1. The third-order valence-electron chi connectivity index (χ3n) is 2.38. The minimum absolute atomic E-state index is 0.327. The first-order valence-electron chi connectivity index (χ1n) is 4.93. The zero-order valence-electron chi connectivity index (χ0n) is 8.68. The highest BCUT2D eigenvalue weighted by Crippen LogP contribution is 2.14. The summed E-state index contributed by atoms with van der Waals surface area (Å²) < 4.78 is 0. The molecule has 3 N–H and O–H groups in total. The van der Waals surface area contributed by atoms with Crippen LogP contribution in [0.5, 0.6) is 0 Å². The molecule has 1 atom stereocenters. The van der Waals surface area contributed by atoms with Crippen molar-refractivity contribution in [2.75, 3.05) is 5.73 Å². The molecular weight excluding hydrogens is 194 g/mol. The van der Waals surface area contributed by atoms with Crippen molar-refractivity contribution >= 4 is 11.8 Å². The van der Waals surface area contributed by atoms with E-state index in [-0.39, 0.29) is 5.92 Å². The predicted molar refractivity (Wildman–Crippen MR) is 56.2 cm³/mol. The number of nitrogen functional groups attached to an aromatic ring is 1. The van der Waals surface area contributed by atoms with E-state index in [2.05, 4.69) is 9.97 Å². The Hall–Kier alpha value is -1.65. The average Bonchev–Trinajstić information content (AvgIpc) is 2.21. The first kappa shape index (κ1) is 11.4. The van der Waals surface area contributed by atoms with Gasteiger partial charge in [-0.2, -0.15) is 0 Å². The summed E-state index contributed by atoms with van der Waals surface area (Å²) in [7, 11) is 0. The first-order valence-corrected chi connectivity index (χ1v) is 4.93. The molecule has 0 saturated heterocycles. The second kappa shape index (κ2) is 5.29. The number of nitrogens with two attached hydrogens (primary N) is 1. The van der Waals surface area contributed by atoms with Crippen LogP contribution in [0.4, 0.5) is 5.82 Å². The van der Waals surface area contributed by atoms with Crippen LogP contribution in [0.1, 0.15) is 25.5 Å². The molecule has 0 amide bonds. The van der Waals surface area contributed by atoms with Crippen LogP contribution in [0, 0.1) is 5.92 Å². The van der Waals surface area contributed by atoms with Crippen molar-refractivity contribution in [2.45, 2.75) is 26.2 Å². The standard InChI is InChI=1S/C10H15N3O2/c1-2-7(10(14)15)3-4-8-9(11)13-6-5-12-8/h5-7H,2-4H2,1H3,(H2,11,13)(H,14,15). The molecule has 1 aromatic rings. The number of hydrogen-bond acceptors (Lipinski definition) is 4. The molecule has 5 nitrogen and oxygen atoms in total. The number of aromatic nitrogens is 2. The quantitative estimate of drug-likeness (QED) is 0.758. The molecule has 0 spiro atoms. The summed E-state index contributed by atoms with van der Waals surface area (Å²) in [5, 5.41) is 8.85. The van der Waals surface area contributed by atoms with Gasteiger partial charge in [-0.05, 0) is 19.3 Å². The van der Waals surface area contributed by atoms with Gasteiger partial charge in [-0.15, -0.1) is 0 Å². The lowest BCUT2D eigenvalue weighted by molar-refractivity contribution is -0.142. The maximum atomic E-state index is 10.8. The van der Waals surface area contributed by atoms with E-state index in [9.17, 15) is 4.79 Å². The van der Waals surface area contributed by atoms with Gasteiger partial charge >= 0.3 is 5.97 Å². The van der Waals surface area contributed by atoms with E-state index in [0.29, 0.717) is 30.8 Å². The molecule has 0 saturated carbocycles. The molecule has 5 heteroatoms. The number of rotatable bonds is 5. The van der Waals surface area contributed by atoms with E-state index in [1.807, 2.05) is 6.92 Å². The van der Waals surface area contributed by atoms with E-state index in [1.54, 1.807) is 6.20 Å². The molecule has 1 aromatic heterocycles. The smallest absolute Gasteiger partial charge is 0.306 e. The Morgan fingerprint density at radius 1 is 1.53 bits per heavy atom. The number of anilines is 1. The van der Waals surface area contributed by atoms with E-state index in [1.165, 1.54) is 6.20 Å². The third-order valence-corrected chi connectivity index (χ3v) is 2.38. The van der Waals surface area contributed by atoms with Crippen molar-refractivity contribution in [3.8, 4) is 0 Å². The second-order valence-electron chi connectivity index (χ2n) is 3.37. The molecule has 15 heavy (non-hydrogen) atoms. The highest BCUT2D eigenvalue weighted by molar-refractivity contribution is 5.69. The van der Waals surface area contributed by atoms with Crippen LogP contribution in [-0.2, 0) is 11.2 Å². The zero-order chi connectivity index (χ0) is 11.3. The van der Waals surface area contributed by atoms with Gasteiger partial charge < -0.3 is 10.8 Å². The van der Waals surface area contributed by atoms with Crippen LogP contribution in [0.15, 0.2) is 12.4 Å². The maximum absolute atomic E-state index is 10.8. The minimum atomic E-state index is -0.764. The third kappa shape index (κ3) is 3.19. The number of nitrogens with zero attached hydrogens (tertiary/aromatic N) is 2. The predicted octanol–water partition coefficient (Wildman–Crippen LogP) is 1.10. The molecule has 1 rings (SSSR count). The minimum Gasteiger partial charge on any atom is -0.481 e. The van der Waals surface area contributed by atoms with Crippen molar-refractivity contribution < 1.29 is 9.90 Å². The molecule has 0 fully saturated rings. The number of carboxylic acids is 1. The van der Waals surface area contributed by atoms with Crippen molar-refractivity contribution in [1.82, 2.24) is 9.97 Å². The van der Waals surface area contributed by atoms with E-state index in [0.717, 1.165) is 0 Å². The number of carbonyl (C=O) groups is 1. The van der Waals surface area contributed by atoms with Gasteiger partial charge in [0.2, 0.25) is 0 Å². The Morgan fingerprint density at radius 2 is 2.20 bits per heavy atom. The normalized spacial score (nSPS) is 12.3. The van der Waals surface area contributed by atoms with E-state index in [4.69, 9.17) is 10.8 Å². The summed E-state index contributed by atoms with van der Waals surface area (Å²) in [5.74, 6) is -0.705. The Morgan fingerprint density at radius 3 is 2.73 bits per heavy atom. The number of aryl methyl sites for hydroxylation is 1. The molecule has 0 aliphatic heterocycles. The summed E-state index contributed by atoms with van der Waals surface area (Å²) in [6, 6.07) is 0. The fourth-order valence-electron chi connectivity index (χ4n) is 1.38. The van der Waals surface area contributed by atoms with E-state index >= 15 is 0 Å². The van der Waals surface area contributed by atoms with Gasteiger partial charge in [0.05, 0.1) is 11.6 Å². The summed E-state index contributed by atoms with van der Waals surface area (Å²) >= 11 is 0. The SMILES string of the molecule is CCC(CCc1nccnc1N)C(=O)O. The summed E-state index contributed by atoms with van der Waals surface area (Å²) in [5.41, 5.74) is 6.28. The second-order valence-corrected chi connectivity index (χ2v) is 3.37. The van der Waals surface area contributed by atoms with Crippen LogP contribution in [-0.4, -0.2) is 21.0 Å². The average molecular weight is 209 g/mol. The van der Waals surface area contributed by atoms with Crippen LogP contribution < -0.4 is 5.73 Å². The lowest BCUT2D eigenvalue weighted by Crippen LogP contribution is -2.14. The van der Waals surface area contributed by atoms with Gasteiger partial charge in [0.15, 0.2) is 0 Å². The number of aliphatic carboxylic acids is 1. The fraction of sp³-hybridized carbons (Fsp3) is 0.500. The van der Waals surface area contributed by atoms with Gasteiger partial charge in [0.1, 0.15) is 5.82 Å². The van der Waals surface area contributed by atoms with Crippen LogP contribution in [0.2, 0.25) is 0 Å². The first-order chi connectivity index (χ1) is 7.15. The lowest BCUT2D eigenvalue weighted by Gasteiger charge is -2.09. The lowest BCUT2D eigenvalue weighted by atomic mass is 9.99. The topological polar surface area (TPSA) is 89.1 Å². The zero-order valence-corrected chi connectivity index (χ0v) is 8.68. The Bertz CT molecular complexity index is 341. The van der Waals surface area contributed by atoms with E-state index < -0.39 is 5.97 Å². The van der Waals surface area contributed by atoms with Gasteiger partial charge in [0.25, 0.3) is 0 Å². The van der Waals surface area contributed by atoms with Gasteiger partial charge in [-0.1, -0.05) is 6.92 Å². The fourth-order valence-corrected chi connectivity index (χ4v) is 1.38. The van der Waals surface area contributed by atoms with Crippen LogP contribution in [0.3, 0.4) is 0 Å². The molecule has 0 bridgehead atoms. The molecular formula is C10H15N3O2. The van der Waals surface area contributed by atoms with Crippen molar-refractivity contribution in [2.24, 2.45) is 5.92 Å². The maximum Gasteiger partial charge on any atom is 0.306 e. The van der Waals surface area contributed by atoms with Gasteiger partial charge in [0, 0.05) is 12.4 Å². The molecule has 1 heterocycles. The monoisotopic (exact) mass is 209 g/mol. The Labute approximate surface area is 88.4 Å². The summed E-state index contributed by atoms with van der Waals surface area (Å²) in [6.45, 7) is 1.86. The molecule has 82 valence electrons. The highest BCUT2D eigenvalue weighted by Gasteiger charge is 2.15. The molecule has 1 unspecified atom stereocenters. The van der Waals surface area contributed by atoms with Crippen LogP contribution >= 0.6 is 0 Å². The van der Waals surface area contributed by atoms with Crippen LogP contribution in [0.25, 0.3) is 0 Å². The summed E-state index contributed by atoms with van der Waals surface area (Å²) in [4.78, 5) is 18.7. The van der Waals surface area contributed by atoms with Crippen molar-refractivity contribution in [1.29, 1.82) is 0 Å². The number of hydrogen-bond donors (Lipinski definition) is 2. The summed E-state index contributed by atoms with van der Waals surface area (Å²) in [6.07, 6.45) is 4.81. The molecule has 0 radical (unpaired) electrons. The highest BCUT2D eigenvalue weighted by atomic mass is 16.4. The largest absolute Gasteiger partial charge is 0.481 e. The van der Waals surface area contributed by atoms with Crippen molar-refractivity contribution in [3.63, 3.8) is 0 Å². The molecule has 0 aliphatic rings. The Balaban J connectivity index is 2.56. The van der Waals surface area contributed by atoms with Crippen molar-refractivity contribution in [3.05, 3.63) is 18.1 Å².